The molecule has 5 heteroatoms. The topological polar surface area (TPSA) is 40.5 Å². The first kappa shape index (κ1) is 12.7. The molecule has 2 rings (SSSR count). The smallest absolute Gasteiger partial charge is 0.223 e. The van der Waals surface area contributed by atoms with E-state index in [4.69, 9.17) is 28.3 Å². The number of likely N-dealkylation sites (tertiary alicyclic amines) is 1. The van der Waals surface area contributed by atoms with Crippen LogP contribution in [-0.2, 0) is 11.2 Å². The standard InChI is InChI=1S/C12H13Cl2NO2/c13-9-3-1-8(11(14)5-9)2-4-12(17)15-6-10(16)7-15/h1,3,5,10,16H,2,4,6-7H2. The fourth-order valence-corrected chi connectivity index (χ4v) is 2.29. The van der Waals surface area contributed by atoms with Crippen LogP contribution in [0.15, 0.2) is 18.2 Å². The summed E-state index contributed by atoms with van der Waals surface area (Å²) in [5.74, 6) is 0.0568. The minimum Gasteiger partial charge on any atom is -0.389 e. The maximum Gasteiger partial charge on any atom is 0.223 e. The van der Waals surface area contributed by atoms with Gasteiger partial charge in [-0.05, 0) is 24.1 Å². The number of amides is 1. The Morgan fingerprint density at radius 1 is 1.41 bits per heavy atom. The second-order valence-electron chi connectivity index (χ2n) is 4.19. The van der Waals surface area contributed by atoms with Crippen molar-refractivity contribution in [3.8, 4) is 0 Å². The van der Waals surface area contributed by atoms with Gasteiger partial charge in [-0.25, -0.2) is 0 Å². The van der Waals surface area contributed by atoms with E-state index in [1.165, 1.54) is 0 Å². The number of aliphatic hydroxyl groups excluding tert-OH is 1. The summed E-state index contributed by atoms with van der Waals surface area (Å²) in [5.41, 5.74) is 0.922. The number of aliphatic hydroxyl groups is 1. The number of aryl methyl sites for hydroxylation is 1. The third-order valence-corrected chi connectivity index (χ3v) is 3.43. The summed E-state index contributed by atoms with van der Waals surface area (Å²) in [6.07, 6.45) is 0.660. The molecule has 1 heterocycles. The fourth-order valence-electron chi connectivity index (χ4n) is 1.78. The summed E-state index contributed by atoms with van der Waals surface area (Å²) in [7, 11) is 0. The first-order valence-electron chi connectivity index (χ1n) is 5.46. The van der Waals surface area contributed by atoms with Crippen LogP contribution in [-0.4, -0.2) is 35.1 Å². The van der Waals surface area contributed by atoms with E-state index in [1.807, 2.05) is 6.07 Å². The number of carbonyl (C=O) groups is 1. The molecular formula is C12H13Cl2NO2. The lowest BCUT2D eigenvalue weighted by Gasteiger charge is -2.35. The van der Waals surface area contributed by atoms with Gasteiger partial charge in [0.05, 0.1) is 6.10 Å². The molecule has 1 aromatic rings. The average molecular weight is 274 g/mol. The van der Waals surface area contributed by atoms with E-state index in [9.17, 15) is 4.79 Å². The third-order valence-electron chi connectivity index (χ3n) is 2.84. The maximum atomic E-state index is 11.7. The first-order chi connectivity index (χ1) is 8.06. The molecule has 92 valence electrons. The molecule has 0 aliphatic carbocycles. The van der Waals surface area contributed by atoms with Gasteiger partial charge in [-0.15, -0.1) is 0 Å². The van der Waals surface area contributed by atoms with Crippen LogP contribution in [0.2, 0.25) is 10.0 Å². The van der Waals surface area contributed by atoms with Crippen LogP contribution >= 0.6 is 23.2 Å². The lowest BCUT2D eigenvalue weighted by molar-refractivity contribution is -0.141. The lowest BCUT2D eigenvalue weighted by Crippen LogP contribution is -2.53. The molecule has 1 aliphatic rings. The molecule has 1 amide bonds. The molecule has 0 bridgehead atoms. The molecule has 0 spiro atoms. The van der Waals surface area contributed by atoms with E-state index in [-0.39, 0.29) is 12.0 Å². The molecule has 1 aromatic carbocycles. The van der Waals surface area contributed by atoms with Crippen LogP contribution < -0.4 is 0 Å². The number of nitrogens with zero attached hydrogens (tertiary/aromatic N) is 1. The Bertz CT molecular complexity index is 431. The van der Waals surface area contributed by atoms with Gasteiger partial charge in [0.2, 0.25) is 5.91 Å². The Morgan fingerprint density at radius 3 is 2.71 bits per heavy atom. The average Bonchev–Trinajstić information content (AvgIpc) is 2.23. The van der Waals surface area contributed by atoms with Crippen molar-refractivity contribution >= 4 is 29.1 Å². The van der Waals surface area contributed by atoms with Crippen LogP contribution in [0, 0.1) is 0 Å². The van der Waals surface area contributed by atoms with Gasteiger partial charge in [0.1, 0.15) is 0 Å². The summed E-state index contributed by atoms with van der Waals surface area (Å²) in [6.45, 7) is 0.903. The molecule has 0 aromatic heterocycles. The van der Waals surface area contributed by atoms with Gasteiger partial charge in [-0.2, -0.15) is 0 Å². The minimum absolute atomic E-state index is 0.0568. The second kappa shape index (κ2) is 5.25. The molecular weight excluding hydrogens is 261 g/mol. The highest BCUT2D eigenvalue weighted by atomic mass is 35.5. The van der Waals surface area contributed by atoms with Gasteiger partial charge in [0.25, 0.3) is 0 Å². The zero-order valence-electron chi connectivity index (χ0n) is 9.20. The molecule has 1 N–H and O–H groups in total. The first-order valence-corrected chi connectivity index (χ1v) is 6.21. The Morgan fingerprint density at radius 2 is 2.12 bits per heavy atom. The fraction of sp³-hybridized carbons (Fsp3) is 0.417. The maximum absolute atomic E-state index is 11.7. The number of benzene rings is 1. The van der Waals surface area contributed by atoms with Crippen molar-refractivity contribution in [2.24, 2.45) is 0 Å². The van der Waals surface area contributed by atoms with Gasteiger partial charge < -0.3 is 10.0 Å². The Balaban J connectivity index is 1.87. The quantitative estimate of drug-likeness (QED) is 0.917. The van der Waals surface area contributed by atoms with Crippen molar-refractivity contribution < 1.29 is 9.90 Å². The van der Waals surface area contributed by atoms with Gasteiger partial charge >= 0.3 is 0 Å². The van der Waals surface area contributed by atoms with Crippen molar-refractivity contribution in [2.45, 2.75) is 18.9 Å². The molecule has 1 fully saturated rings. The van der Waals surface area contributed by atoms with Gasteiger partial charge in [-0.1, -0.05) is 29.3 Å². The minimum atomic E-state index is -0.349. The van der Waals surface area contributed by atoms with E-state index in [0.717, 1.165) is 5.56 Å². The number of halogens is 2. The monoisotopic (exact) mass is 273 g/mol. The van der Waals surface area contributed by atoms with Gasteiger partial charge in [0.15, 0.2) is 0 Å². The summed E-state index contributed by atoms with van der Waals surface area (Å²) < 4.78 is 0. The third kappa shape index (κ3) is 3.12. The van der Waals surface area contributed by atoms with Crippen molar-refractivity contribution in [3.05, 3.63) is 33.8 Å². The molecule has 0 unspecified atom stereocenters. The summed E-state index contributed by atoms with van der Waals surface area (Å²) in [5, 5.41) is 10.3. The molecule has 1 saturated heterocycles. The van der Waals surface area contributed by atoms with E-state index in [0.29, 0.717) is 36.0 Å². The summed E-state index contributed by atoms with van der Waals surface area (Å²) in [4.78, 5) is 13.3. The highest BCUT2D eigenvalue weighted by Crippen LogP contribution is 2.22. The summed E-state index contributed by atoms with van der Waals surface area (Å²) >= 11 is 11.8. The Kier molecular flexibility index (Phi) is 3.92. The van der Waals surface area contributed by atoms with Crippen molar-refractivity contribution in [1.29, 1.82) is 0 Å². The zero-order chi connectivity index (χ0) is 12.4. The largest absolute Gasteiger partial charge is 0.389 e. The van der Waals surface area contributed by atoms with Gasteiger partial charge in [0, 0.05) is 29.6 Å². The molecule has 3 nitrogen and oxygen atoms in total. The molecule has 17 heavy (non-hydrogen) atoms. The lowest BCUT2D eigenvalue weighted by atomic mass is 10.1. The van der Waals surface area contributed by atoms with Crippen LogP contribution in [0.3, 0.4) is 0 Å². The molecule has 1 aliphatic heterocycles. The number of hydrogen-bond acceptors (Lipinski definition) is 2. The summed E-state index contributed by atoms with van der Waals surface area (Å²) in [6, 6.07) is 5.28. The number of β-amino-alcohol motifs (C(OH)–C–C–N with tert-alkyl or cyclic N) is 1. The van der Waals surface area contributed by atoms with E-state index in [1.54, 1.807) is 17.0 Å². The van der Waals surface area contributed by atoms with Crippen molar-refractivity contribution in [2.75, 3.05) is 13.1 Å². The zero-order valence-corrected chi connectivity index (χ0v) is 10.7. The molecule has 0 radical (unpaired) electrons. The highest BCUT2D eigenvalue weighted by Gasteiger charge is 2.28. The number of carbonyl (C=O) groups excluding carboxylic acids is 1. The van der Waals surface area contributed by atoms with E-state index in [2.05, 4.69) is 0 Å². The van der Waals surface area contributed by atoms with E-state index < -0.39 is 0 Å². The highest BCUT2D eigenvalue weighted by molar-refractivity contribution is 6.35. The predicted octanol–water partition coefficient (Wildman–Crippen LogP) is 2.13. The number of hydrogen-bond donors (Lipinski definition) is 1. The Labute approximate surface area is 110 Å². The van der Waals surface area contributed by atoms with Crippen LogP contribution in [0.1, 0.15) is 12.0 Å². The van der Waals surface area contributed by atoms with Crippen molar-refractivity contribution in [1.82, 2.24) is 4.90 Å². The van der Waals surface area contributed by atoms with Crippen LogP contribution in [0.25, 0.3) is 0 Å². The molecule has 0 saturated carbocycles. The second-order valence-corrected chi connectivity index (χ2v) is 5.03. The van der Waals surface area contributed by atoms with Gasteiger partial charge in [-0.3, -0.25) is 4.79 Å². The number of rotatable bonds is 3. The van der Waals surface area contributed by atoms with E-state index >= 15 is 0 Å². The normalized spacial score (nSPS) is 15.8. The van der Waals surface area contributed by atoms with Crippen LogP contribution in [0.4, 0.5) is 0 Å². The Hall–Kier alpha value is -0.770. The predicted molar refractivity (Wildman–Crippen MR) is 67.4 cm³/mol. The molecule has 0 atom stereocenters. The van der Waals surface area contributed by atoms with Crippen molar-refractivity contribution in [3.63, 3.8) is 0 Å². The van der Waals surface area contributed by atoms with Crippen LogP contribution in [0.5, 0.6) is 0 Å². The SMILES string of the molecule is O=C(CCc1ccc(Cl)cc1Cl)N1CC(O)C1.